The summed E-state index contributed by atoms with van der Waals surface area (Å²) < 4.78 is 10.7. The molecule has 1 unspecified atom stereocenters. The highest BCUT2D eigenvalue weighted by Crippen LogP contribution is 2.35. The molecule has 4 heteroatoms. The zero-order chi connectivity index (χ0) is 13.2. The molecule has 0 fully saturated rings. The number of hydrogen-bond acceptors (Lipinski definition) is 4. The second-order valence-corrected chi connectivity index (χ2v) is 4.85. The number of benzene rings is 1. The Morgan fingerprint density at radius 1 is 1.56 bits per heavy atom. The summed E-state index contributed by atoms with van der Waals surface area (Å²) in [5.41, 5.74) is 1.13. The van der Waals surface area contributed by atoms with Crippen molar-refractivity contribution >= 4 is 5.97 Å². The van der Waals surface area contributed by atoms with Crippen LogP contribution in [-0.4, -0.2) is 24.3 Å². The first-order chi connectivity index (χ1) is 8.59. The maximum atomic E-state index is 11.9. The molecule has 1 aromatic carbocycles. The second kappa shape index (κ2) is 4.98. The zero-order valence-electron chi connectivity index (χ0n) is 10.7. The topological polar surface area (TPSA) is 55.8 Å². The van der Waals surface area contributed by atoms with Crippen molar-refractivity contribution in [2.24, 2.45) is 5.41 Å². The maximum Gasteiger partial charge on any atom is 0.315 e. The summed E-state index contributed by atoms with van der Waals surface area (Å²) in [7, 11) is 0. The van der Waals surface area contributed by atoms with Gasteiger partial charge in [0.1, 0.15) is 17.8 Å². The lowest BCUT2D eigenvalue weighted by Gasteiger charge is -2.32. The van der Waals surface area contributed by atoms with Crippen molar-refractivity contribution in [3.8, 4) is 5.75 Å². The number of hydrogen-bond donors (Lipinski definition) is 1. The molecule has 0 spiro atoms. The molecule has 0 aromatic heterocycles. The number of rotatable bonds is 3. The summed E-state index contributed by atoms with van der Waals surface area (Å²) in [6.07, 6.45) is 0.578. The third kappa shape index (κ3) is 2.34. The van der Waals surface area contributed by atoms with Gasteiger partial charge in [0.2, 0.25) is 0 Å². The monoisotopic (exact) mass is 250 g/mol. The van der Waals surface area contributed by atoms with Gasteiger partial charge >= 0.3 is 5.97 Å². The van der Waals surface area contributed by atoms with Crippen LogP contribution < -0.4 is 4.74 Å². The number of aliphatic hydroxyl groups excluding tert-OH is 1. The molecule has 0 bridgehead atoms. The normalized spacial score (nSPS) is 21.9. The smallest absolute Gasteiger partial charge is 0.315 e. The molecular formula is C14H18O4. The van der Waals surface area contributed by atoms with Crippen molar-refractivity contribution in [1.29, 1.82) is 0 Å². The van der Waals surface area contributed by atoms with Crippen LogP contribution in [0.15, 0.2) is 18.2 Å². The van der Waals surface area contributed by atoms with Crippen LogP contribution in [0.5, 0.6) is 5.75 Å². The number of carbonyl (C=O) groups excluding carboxylic acids is 1. The van der Waals surface area contributed by atoms with Gasteiger partial charge in [0.25, 0.3) is 0 Å². The Morgan fingerprint density at radius 2 is 2.33 bits per heavy atom. The summed E-state index contributed by atoms with van der Waals surface area (Å²) in [5.74, 6) is 0.555. The number of carbonyl (C=O) groups is 1. The van der Waals surface area contributed by atoms with Gasteiger partial charge in [-0.1, -0.05) is 6.07 Å². The van der Waals surface area contributed by atoms with Gasteiger partial charge in [-0.2, -0.15) is 0 Å². The van der Waals surface area contributed by atoms with Gasteiger partial charge < -0.3 is 14.6 Å². The number of aliphatic hydroxyl groups is 1. The quantitative estimate of drug-likeness (QED) is 0.829. The van der Waals surface area contributed by atoms with E-state index in [-0.39, 0.29) is 12.6 Å². The van der Waals surface area contributed by atoms with E-state index < -0.39 is 5.41 Å². The summed E-state index contributed by atoms with van der Waals surface area (Å²) in [4.78, 5) is 11.9. The molecule has 2 rings (SSSR count). The first-order valence-electron chi connectivity index (χ1n) is 6.12. The minimum absolute atomic E-state index is 0.0105. The summed E-state index contributed by atoms with van der Waals surface area (Å²) in [5, 5.41) is 9.13. The third-order valence-corrected chi connectivity index (χ3v) is 3.20. The van der Waals surface area contributed by atoms with E-state index in [2.05, 4.69) is 0 Å². The fourth-order valence-corrected chi connectivity index (χ4v) is 2.15. The van der Waals surface area contributed by atoms with Gasteiger partial charge in [-0.05, 0) is 43.5 Å². The highest BCUT2D eigenvalue weighted by atomic mass is 16.5. The molecular weight excluding hydrogens is 232 g/mol. The number of esters is 1. The summed E-state index contributed by atoms with van der Waals surface area (Å²) >= 11 is 0. The van der Waals surface area contributed by atoms with E-state index in [1.165, 1.54) is 0 Å². The van der Waals surface area contributed by atoms with Crippen molar-refractivity contribution in [2.75, 3.05) is 13.2 Å². The summed E-state index contributed by atoms with van der Waals surface area (Å²) in [6, 6.07) is 5.55. The zero-order valence-corrected chi connectivity index (χ0v) is 10.7. The third-order valence-electron chi connectivity index (χ3n) is 3.20. The van der Waals surface area contributed by atoms with Crippen molar-refractivity contribution in [2.45, 2.75) is 26.9 Å². The number of fused-ring (bicyclic) bond motifs is 1. The average molecular weight is 250 g/mol. The standard InChI is InChI=1S/C14H18O4/c1-3-17-13(16)14(2)7-11-6-10(8-15)4-5-12(11)18-9-14/h4-6,15H,3,7-9H2,1-2H3. The Kier molecular flexibility index (Phi) is 3.57. The molecule has 1 atom stereocenters. The van der Waals surface area contributed by atoms with E-state index in [9.17, 15) is 4.79 Å². The molecule has 0 saturated heterocycles. The van der Waals surface area contributed by atoms with Crippen LogP contribution in [0, 0.1) is 5.41 Å². The van der Waals surface area contributed by atoms with E-state index in [0.29, 0.717) is 19.6 Å². The predicted molar refractivity (Wildman–Crippen MR) is 66.3 cm³/mol. The lowest BCUT2D eigenvalue weighted by atomic mass is 9.82. The van der Waals surface area contributed by atoms with Crippen LogP contribution in [0.3, 0.4) is 0 Å². The fraction of sp³-hybridized carbons (Fsp3) is 0.500. The molecule has 4 nitrogen and oxygen atoms in total. The highest BCUT2D eigenvalue weighted by Gasteiger charge is 2.39. The molecule has 0 radical (unpaired) electrons. The van der Waals surface area contributed by atoms with Crippen LogP contribution in [0.4, 0.5) is 0 Å². The lowest BCUT2D eigenvalue weighted by molar-refractivity contribution is -0.156. The Balaban J connectivity index is 2.24. The van der Waals surface area contributed by atoms with E-state index in [4.69, 9.17) is 14.6 Å². The molecule has 1 aliphatic rings. The molecule has 0 aliphatic carbocycles. The van der Waals surface area contributed by atoms with Crippen LogP contribution >= 0.6 is 0 Å². The van der Waals surface area contributed by atoms with Crippen molar-refractivity contribution in [1.82, 2.24) is 0 Å². The number of ether oxygens (including phenoxy) is 2. The average Bonchev–Trinajstić information content (AvgIpc) is 2.38. The van der Waals surface area contributed by atoms with Crippen LogP contribution in [0.2, 0.25) is 0 Å². The van der Waals surface area contributed by atoms with Gasteiger partial charge in [-0.15, -0.1) is 0 Å². The van der Waals surface area contributed by atoms with Crippen LogP contribution in [-0.2, 0) is 22.6 Å². The lowest BCUT2D eigenvalue weighted by Crippen LogP contribution is -2.40. The SMILES string of the molecule is CCOC(=O)C1(C)COc2ccc(CO)cc2C1. The molecule has 1 heterocycles. The van der Waals surface area contributed by atoms with Gasteiger partial charge in [-0.25, -0.2) is 0 Å². The van der Waals surface area contributed by atoms with E-state index in [1.54, 1.807) is 6.92 Å². The maximum absolute atomic E-state index is 11.9. The molecule has 0 amide bonds. The Labute approximate surface area is 107 Å². The van der Waals surface area contributed by atoms with E-state index in [0.717, 1.165) is 16.9 Å². The first-order valence-corrected chi connectivity index (χ1v) is 6.12. The van der Waals surface area contributed by atoms with Gasteiger partial charge in [0.15, 0.2) is 0 Å². The van der Waals surface area contributed by atoms with E-state index in [1.807, 2.05) is 25.1 Å². The molecule has 1 aliphatic heterocycles. The van der Waals surface area contributed by atoms with Crippen molar-refractivity contribution in [3.63, 3.8) is 0 Å². The van der Waals surface area contributed by atoms with Crippen LogP contribution in [0.1, 0.15) is 25.0 Å². The second-order valence-electron chi connectivity index (χ2n) is 4.85. The molecule has 18 heavy (non-hydrogen) atoms. The first kappa shape index (κ1) is 12.9. The minimum Gasteiger partial charge on any atom is -0.492 e. The Morgan fingerprint density at radius 3 is 3.00 bits per heavy atom. The van der Waals surface area contributed by atoms with E-state index >= 15 is 0 Å². The predicted octanol–water partition coefficient (Wildman–Crippen LogP) is 1.68. The van der Waals surface area contributed by atoms with Gasteiger partial charge in [0.05, 0.1) is 13.2 Å². The molecule has 1 N–H and O–H groups in total. The Hall–Kier alpha value is -1.55. The molecule has 1 aromatic rings. The van der Waals surface area contributed by atoms with Crippen LogP contribution in [0.25, 0.3) is 0 Å². The molecule has 0 saturated carbocycles. The minimum atomic E-state index is -0.642. The van der Waals surface area contributed by atoms with Crippen molar-refractivity contribution < 1.29 is 19.4 Å². The highest BCUT2D eigenvalue weighted by molar-refractivity contribution is 5.77. The summed E-state index contributed by atoms with van der Waals surface area (Å²) in [6.45, 7) is 4.33. The fourth-order valence-electron chi connectivity index (χ4n) is 2.15. The van der Waals surface area contributed by atoms with Crippen molar-refractivity contribution in [3.05, 3.63) is 29.3 Å². The molecule has 98 valence electrons. The van der Waals surface area contributed by atoms with Gasteiger partial charge in [-0.3, -0.25) is 4.79 Å². The van der Waals surface area contributed by atoms with Gasteiger partial charge in [0, 0.05) is 0 Å². The Bertz CT molecular complexity index is 455. The largest absolute Gasteiger partial charge is 0.492 e.